The molecule has 0 aliphatic heterocycles. The number of hydrogen-bond donors (Lipinski definition) is 6. The van der Waals surface area contributed by atoms with Crippen LogP contribution >= 0.6 is 0 Å². The largest absolute Gasteiger partial charge is 0.392 e. The highest BCUT2D eigenvalue weighted by molar-refractivity contribution is 5.75. The summed E-state index contributed by atoms with van der Waals surface area (Å²) < 4.78 is 0. The minimum atomic E-state index is -0.443. The van der Waals surface area contributed by atoms with Gasteiger partial charge < -0.3 is 30.6 Å². The van der Waals surface area contributed by atoms with E-state index in [1.807, 2.05) is 125 Å². The summed E-state index contributed by atoms with van der Waals surface area (Å²) in [5.74, 6) is 0. The fraction of sp³-hybridized carbons (Fsp3) is 1.00. The normalized spacial score (nSPS) is 18.0. The molecule has 0 rings (SSSR count). The van der Waals surface area contributed by atoms with Crippen LogP contribution in [-0.4, -0.2) is 84.6 Å². The molecule has 0 amide bonds. The Bertz CT molecular complexity index is 494. The predicted molar refractivity (Wildman–Crippen MR) is 172 cm³/mol. The maximum Gasteiger partial charge on any atom is 0.0613 e. The maximum absolute atomic E-state index is 9.76. The van der Waals surface area contributed by atoms with Gasteiger partial charge in [0.1, 0.15) is 0 Å². The Labute approximate surface area is 260 Å². The molecule has 0 aromatic carbocycles. The van der Waals surface area contributed by atoms with E-state index >= 15 is 0 Å². The molecule has 0 saturated heterocycles. The van der Waals surface area contributed by atoms with E-state index in [1.165, 1.54) is 0 Å². The summed E-state index contributed by atoms with van der Waals surface area (Å²) in [6.45, 7) is 35.6. The van der Waals surface area contributed by atoms with Gasteiger partial charge in [-0.2, -0.15) is 0 Å². The van der Waals surface area contributed by atoms with Crippen molar-refractivity contribution in [3.63, 3.8) is 0 Å². The van der Waals surface area contributed by atoms with Gasteiger partial charge in [0.15, 0.2) is 0 Å². The lowest BCUT2D eigenvalue weighted by Crippen LogP contribution is -2.35. The lowest BCUT2D eigenvalue weighted by Gasteiger charge is -2.32. The van der Waals surface area contributed by atoms with Gasteiger partial charge in [0.05, 0.1) is 36.6 Å². The molecule has 7 heteroatoms. The van der Waals surface area contributed by atoms with E-state index in [2.05, 4.69) is 0 Å². The Kier molecular flexibility index (Phi) is 20.7. The lowest BCUT2D eigenvalue weighted by atomic mass is 9.79. The molecule has 0 spiro atoms. The number of rotatable bonds is 6. The Hall–Kier alpha value is 0.292. The third-order valence-corrected chi connectivity index (χ3v) is 7.34. The molecule has 3 radical (unpaired) electrons. The van der Waals surface area contributed by atoms with Crippen LogP contribution in [0.2, 0.25) is 0 Å². The van der Waals surface area contributed by atoms with Gasteiger partial charge in [-0.3, -0.25) is 0 Å². The average Bonchev–Trinajstić information content (AvgIpc) is 2.64. The smallest absolute Gasteiger partial charge is 0.0613 e. The summed E-state index contributed by atoms with van der Waals surface area (Å²) >= 11 is 0. The first-order valence-corrected chi connectivity index (χ1v) is 14.7. The van der Waals surface area contributed by atoms with Crippen LogP contribution in [0.1, 0.15) is 144 Å². The minimum Gasteiger partial charge on any atom is -0.392 e. The van der Waals surface area contributed by atoms with Gasteiger partial charge in [0.2, 0.25) is 0 Å². The van der Waals surface area contributed by atoms with Crippen molar-refractivity contribution in [1.82, 2.24) is 0 Å². The van der Waals surface area contributed by atoms with Gasteiger partial charge in [-0.1, -0.05) is 125 Å². The monoisotopic (exact) mass is 592 g/mol. The zero-order valence-corrected chi connectivity index (χ0v) is 31.0. The van der Waals surface area contributed by atoms with Gasteiger partial charge in [-0.25, -0.2) is 0 Å². The maximum atomic E-state index is 9.76. The zero-order chi connectivity index (χ0) is 32.6. The third-order valence-electron chi connectivity index (χ3n) is 7.34. The molecule has 6 unspecified atom stereocenters. The van der Waals surface area contributed by atoms with Crippen molar-refractivity contribution >= 4 is 17.4 Å². The van der Waals surface area contributed by atoms with Gasteiger partial charge in [0.25, 0.3) is 0 Å². The summed E-state index contributed by atoms with van der Waals surface area (Å²) in [7, 11) is 0. The van der Waals surface area contributed by atoms with Crippen molar-refractivity contribution < 1.29 is 30.6 Å². The van der Waals surface area contributed by atoms with Crippen LogP contribution < -0.4 is 0 Å². The first kappa shape index (κ1) is 47.2. The quantitative estimate of drug-likeness (QED) is 0.205. The fourth-order valence-corrected chi connectivity index (χ4v) is 2.76. The summed E-state index contributed by atoms with van der Waals surface area (Å²) in [6, 6.07) is 0. The molecule has 0 aromatic rings. The SMILES string of the molecule is CC(C)(C)C(O)CC(O)C(C)(C)C.CC(C)(C)C(O)CC(O)C(C)(C)C.CC(C)(C)C(O)CC(O)C(C)(C)C.[Al]. The molecule has 6 nitrogen and oxygen atoms in total. The van der Waals surface area contributed by atoms with Crippen LogP contribution in [0, 0.1) is 32.5 Å². The standard InChI is InChI=1S/3C11H24O2.Al/c3*1-10(2,3)8(12)7-9(13)11(4,5)6;/h3*8-9,12-13H,7H2,1-6H3;. The van der Waals surface area contributed by atoms with Gasteiger partial charge >= 0.3 is 0 Å². The Morgan fingerprint density at radius 3 is 0.400 bits per heavy atom. The summed E-state index contributed by atoms with van der Waals surface area (Å²) in [6.07, 6.45) is -1.30. The van der Waals surface area contributed by atoms with Crippen LogP contribution in [0.4, 0.5) is 0 Å². The molecule has 243 valence electrons. The van der Waals surface area contributed by atoms with Crippen molar-refractivity contribution in [3.05, 3.63) is 0 Å². The second-order valence-electron chi connectivity index (χ2n) is 18.0. The molecule has 0 saturated carbocycles. The van der Waals surface area contributed by atoms with Crippen molar-refractivity contribution in [2.24, 2.45) is 32.5 Å². The van der Waals surface area contributed by atoms with E-state index in [4.69, 9.17) is 0 Å². The molecular weight excluding hydrogens is 519 g/mol. The van der Waals surface area contributed by atoms with Crippen LogP contribution in [0.15, 0.2) is 0 Å². The Morgan fingerprint density at radius 1 is 0.275 bits per heavy atom. The third kappa shape index (κ3) is 22.8. The Morgan fingerprint density at radius 2 is 0.350 bits per heavy atom. The Balaban J connectivity index is -0.000000240. The molecule has 0 bridgehead atoms. The highest BCUT2D eigenvalue weighted by atomic mass is 27.0. The van der Waals surface area contributed by atoms with Crippen LogP contribution in [0.5, 0.6) is 0 Å². The topological polar surface area (TPSA) is 121 Å². The van der Waals surface area contributed by atoms with Gasteiger partial charge in [-0.05, 0) is 32.5 Å². The minimum absolute atomic E-state index is 0. The highest BCUT2D eigenvalue weighted by Crippen LogP contribution is 2.31. The first-order chi connectivity index (χ1) is 16.6. The molecule has 6 N–H and O–H groups in total. The van der Waals surface area contributed by atoms with Crippen molar-refractivity contribution in [3.8, 4) is 0 Å². The van der Waals surface area contributed by atoms with E-state index in [0.29, 0.717) is 19.3 Å². The van der Waals surface area contributed by atoms with E-state index in [0.717, 1.165) is 0 Å². The van der Waals surface area contributed by atoms with E-state index in [9.17, 15) is 30.6 Å². The van der Waals surface area contributed by atoms with Gasteiger partial charge in [-0.15, -0.1) is 0 Å². The van der Waals surface area contributed by atoms with Crippen LogP contribution in [0.25, 0.3) is 0 Å². The van der Waals surface area contributed by atoms with Gasteiger partial charge in [0, 0.05) is 36.6 Å². The van der Waals surface area contributed by atoms with E-state index < -0.39 is 36.6 Å². The molecule has 40 heavy (non-hydrogen) atoms. The second-order valence-corrected chi connectivity index (χ2v) is 18.0. The first-order valence-electron chi connectivity index (χ1n) is 14.7. The average molecular weight is 592 g/mol. The molecule has 0 aliphatic carbocycles. The van der Waals surface area contributed by atoms with Crippen LogP contribution in [0.3, 0.4) is 0 Å². The molecular formula is C33H72AlO6. The number of aliphatic hydroxyl groups excluding tert-OH is 6. The lowest BCUT2D eigenvalue weighted by molar-refractivity contribution is -0.0240. The number of aliphatic hydroxyl groups is 6. The van der Waals surface area contributed by atoms with Crippen molar-refractivity contribution in [2.75, 3.05) is 0 Å². The zero-order valence-electron chi connectivity index (χ0n) is 29.8. The predicted octanol–water partition coefficient (Wildman–Crippen LogP) is 6.19. The fourth-order valence-electron chi connectivity index (χ4n) is 2.76. The number of hydrogen-bond acceptors (Lipinski definition) is 6. The van der Waals surface area contributed by atoms with Crippen LogP contribution in [-0.2, 0) is 0 Å². The van der Waals surface area contributed by atoms with Crippen molar-refractivity contribution in [2.45, 2.75) is 181 Å². The van der Waals surface area contributed by atoms with E-state index in [-0.39, 0.29) is 49.9 Å². The summed E-state index contributed by atoms with van der Waals surface area (Å²) in [4.78, 5) is 0. The summed E-state index contributed by atoms with van der Waals surface area (Å²) in [5, 5.41) is 58.6. The van der Waals surface area contributed by atoms with Crippen molar-refractivity contribution in [1.29, 1.82) is 0 Å². The molecule has 0 aromatic heterocycles. The molecule has 6 atom stereocenters. The molecule has 0 heterocycles. The molecule has 0 fully saturated rings. The highest BCUT2D eigenvalue weighted by Gasteiger charge is 2.32. The summed E-state index contributed by atoms with van der Waals surface area (Å²) in [5.41, 5.74) is -0.880. The van der Waals surface area contributed by atoms with E-state index in [1.54, 1.807) is 0 Å². The second kappa shape index (κ2) is 17.6. The molecule has 0 aliphatic rings.